The van der Waals surface area contributed by atoms with Gasteiger partial charge < -0.3 is 19.9 Å². The third-order valence-corrected chi connectivity index (χ3v) is 14.8. The summed E-state index contributed by atoms with van der Waals surface area (Å²) in [5.74, 6) is 0. The number of benzene rings is 5. The highest BCUT2D eigenvalue weighted by Gasteiger charge is 2.21. The average molecular weight is 999 g/mol. The molecule has 15 rings (SSSR count). The molecule has 4 aliphatic rings. The Balaban J connectivity index is 1.03. The molecule has 0 atom stereocenters. The monoisotopic (exact) mass is 998 g/mol. The molecular formula is C70H46N8. The molecule has 0 amide bonds. The Bertz CT molecular complexity index is 4330. The van der Waals surface area contributed by atoms with E-state index in [2.05, 4.69) is 275 Å². The number of nitrogens with one attached hydrogen (secondary N) is 4. The van der Waals surface area contributed by atoms with Crippen LogP contribution in [0.15, 0.2) is 206 Å². The predicted molar refractivity (Wildman–Crippen MR) is 324 cm³/mol. The maximum Gasteiger partial charge on any atom is 0.0737 e. The highest BCUT2D eigenvalue weighted by Crippen LogP contribution is 2.41. The summed E-state index contributed by atoms with van der Waals surface area (Å²) in [6.07, 6.45) is 17.0. The van der Waals surface area contributed by atoms with Crippen LogP contribution in [-0.4, -0.2) is 39.9 Å². The Morgan fingerprint density at radius 3 is 0.821 bits per heavy atom. The highest BCUT2D eigenvalue weighted by atomic mass is 14.8. The van der Waals surface area contributed by atoms with Gasteiger partial charge in [0.25, 0.3) is 0 Å². The molecule has 78 heavy (non-hydrogen) atoms. The molecule has 0 fully saturated rings. The summed E-state index contributed by atoms with van der Waals surface area (Å²) < 4.78 is 0. The maximum atomic E-state index is 5.58. The van der Waals surface area contributed by atoms with Crippen molar-refractivity contribution in [3.05, 3.63) is 252 Å². The van der Waals surface area contributed by atoms with Gasteiger partial charge in [-0.25, -0.2) is 19.9 Å². The van der Waals surface area contributed by atoms with Crippen LogP contribution >= 0.6 is 0 Å². The third kappa shape index (κ3) is 8.04. The lowest BCUT2D eigenvalue weighted by atomic mass is 9.97. The van der Waals surface area contributed by atoms with E-state index in [0.29, 0.717) is 0 Å². The first-order chi connectivity index (χ1) is 38.6. The van der Waals surface area contributed by atoms with Gasteiger partial charge in [0.1, 0.15) is 0 Å². The molecule has 4 N–H and O–H groups in total. The Labute approximate surface area is 449 Å². The van der Waals surface area contributed by atoms with Gasteiger partial charge >= 0.3 is 0 Å². The Morgan fingerprint density at radius 2 is 0.474 bits per heavy atom. The van der Waals surface area contributed by atoms with Crippen molar-refractivity contribution in [3.8, 4) is 66.8 Å². The van der Waals surface area contributed by atoms with E-state index >= 15 is 0 Å². The topological polar surface area (TPSA) is 115 Å². The molecule has 10 heterocycles. The molecule has 0 saturated carbocycles. The first-order valence-corrected chi connectivity index (χ1v) is 26.2. The fourth-order valence-electron chi connectivity index (χ4n) is 11.4. The molecule has 0 spiro atoms. The number of nitrogens with zero attached hydrogens (tertiary/aromatic N) is 4. The Morgan fingerprint density at radius 1 is 0.205 bits per heavy atom. The number of aromatic amines is 4. The maximum absolute atomic E-state index is 5.58. The number of hydrogen-bond donors (Lipinski definition) is 4. The van der Waals surface area contributed by atoms with E-state index in [-0.39, 0.29) is 0 Å². The summed E-state index contributed by atoms with van der Waals surface area (Å²) in [5, 5.41) is 0. The third-order valence-electron chi connectivity index (χ3n) is 14.8. The van der Waals surface area contributed by atoms with Gasteiger partial charge in [-0.15, -0.1) is 0 Å². The molecule has 5 aromatic carbocycles. The summed E-state index contributed by atoms with van der Waals surface area (Å²) in [5.41, 5.74) is 26.6. The molecule has 0 radical (unpaired) electrons. The summed E-state index contributed by atoms with van der Waals surface area (Å²) in [6, 6.07) is 72.2. The Kier molecular flexibility index (Phi) is 10.7. The van der Waals surface area contributed by atoms with Crippen LogP contribution in [0.2, 0.25) is 0 Å². The molecule has 0 unspecified atom stereocenters. The van der Waals surface area contributed by atoms with E-state index in [0.717, 1.165) is 156 Å². The molecule has 16 bridgehead atoms. The summed E-state index contributed by atoms with van der Waals surface area (Å²) in [4.78, 5) is 36.9. The fraction of sp³-hybridized carbons (Fsp3) is 0. The van der Waals surface area contributed by atoms with Crippen molar-refractivity contribution in [3.63, 3.8) is 0 Å². The van der Waals surface area contributed by atoms with Crippen molar-refractivity contribution in [2.45, 2.75) is 0 Å². The summed E-state index contributed by atoms with van der Waals surface area (Å²) in [7, 11) is 0. The zero-order valence-corrected chi connectivity index (χ0v) is 42.0. The van der Waals surface area contributed by atoms with E-state index in [4.69, 9.17) is 19.9 Å². The lowest BCUT2D eigenvalue weighted by Crippen LogP contribution is -1.91. The van der Waals surface area contributed by atoms with Gasteiger partial charge in [0.15, 0.2) is 0 Å². The highest BCUT2D eigenvalue weighted by molar-refractivity contribution is 6.01. The number of fused-ring (bicyclic) bond motifs is 16. The summed E-state index contributed by atoms with van der Waals surface area (Å²) >= 11 is 0. The first-order valence-electron chi connectivity index (χ1n) is 26.2. The summed E-state index contributed by atoms with van der Waals surface area (Å²) in [6.45, 7) is 0. The quantitative estimate of drug-likeness (QED) is 0.133. The van der Waals surface area contributed by atoms with Gasteiger partial charge in [0.2, 0.25) is 0 Å². The van der Waals surface area contributed by atoms with E-state index in [1.54, 1.807) is 0 Å². The fourth-order valence-corrected chi connectivity index (χ4v) is 11.4. The van der Waals surface area contributed by atoms with Gasteiger partial charge in [-0.2, -0.15) is 0 Å². The number of hydrogen-bond acceptors (Lipinski definition) is 4. The minimum atomic E-state index is 0.830. The van der Waals surface area contributed by atoms with Crippen LogP contribution in [0.25, 0.3) is 160 Å². The SMILES string of the molecule is C1=Cc2nc1cc1ccc([nH]1)c(-c1ccccc1)c1nc(c(-c3cccc(-c4c5nc(c(-c6ccccc6)c6ccc(cc7nc(c(-c8ccccc8)c8ccc4[nH]8)C=C7)[nH]6)C=C5)c3)c3ccc([nH]3)c2-c2ccccc2)C=C1. The second-order valence-corrected chi connectivity index (χ2v) is 19.8. The minimum Gasteiger partial charge on any atom is -0.355 e. The van der Waals surface area contributed by atoms with E-state index in [1.165, 1.54) is 0 Å². The predicted octanol–water partition coefficient (Wildman–Crippen LogP) is 17.6. The lowest BCUT2D eigenvalue weighted by Gasteiger charge is -2.10. The largest absolute Gasteiger partial charge is 0.355 e. The number of rotatable bonds is 6. The van der Waals surface area contributed by atoms with Crippen LogP contribution < -0.4 is 0 Å². The van der Waals surface area contributed by atoms with Crippen molar-refractivity contribution >= 4 is 92.7 Å². The normalized spacial score (nSPS) is 12.4. The van der Waals surface area contributed by atoms with Gasteiger partial charge in [-0.3, -0.25) is 0 Å². The minimum absolute atomic E-state index is 0.830. The van der Waals surface area contributed by atoms with Gasteiger partial charge in [0.05, 0.1) is 45.6 Å². The average Bonchev–Trinajstić information content (AvgIpc) is 4.37. The zero-order chi connectivity index (χ0) is 51.5. The standard InChI is InChI=1S/C70H46N8/c1-5-14-43(15-6-1)65-53-28-24-49(71-53)41-50-25-29-54(72-50)66(44-16-7-2-8-17-44)58-33-37-62(76-58)69(61-36-32-57(65)75-61)47-22-13-23-48(40-47)70-63-38-34-59(77-63)67(45-18-9-3-10-19-45)55-30-26-51(73-55)42-52-27-31-56(74-52)68(46-20-11-4-12-21-46)60-35-39-64(70)78-60/h1-42,71,73,76,78H. The van der Waals surface area contributed by atoms with Crippen LogP contribution in [0.4, 0.5) is 0 Å². The van der Waals surface area contributed by atoms with Crippen molar-refractivity contribution in [2.24, 2.45) is 0 Å². The second-order valence-electron chi connectivity index (χ2n) is 19.8. The van der Waals surface area contributed by atoms with Crippen molar-refractivity contribution in [2.75, 3.05) is 0 Å². The van der Waals surface area contributed by atoms with Crippen LogP contribution in [0.1, 0.15) is 45.6 Å². The van der Waals surface area contributed by atoms with E-state index < -0.39 is 0 Å². The molecular weight excluding hydrogens is 953 g/mol. The van der Waals surface area contributed by atoms with Gasteiger partial charge in [0, 0.05) is 77.5 Å². The molecule has 6 aromatic heterocycles. The molecule has 11 aromatic rings. The molecule has 0 aliphatic carbocycles. The molecule has 4 aliphatic heterocycles. The smallest absolute Gasteiger partial charge is 0.0737 e. The van der Waals surface area contributed by atoms with Crippen LogP contribution in [0.5, 0.6) is 0 Å². The number of H-pyrrole nitrogens is 4. The molecule has 8 nitrogen and oxygen atoms in total. The molecule has 0 saturated heterocycles. The Hall–Kier alpha value is -10.7. The van der Waals surface area contributed by atoms with Crippen molar-refractivity contribution in [1.82, 2.24) is 39.9 Å². The molecule has 8 heteroatoms. The van der Waals surface area contributed by atoms with Gasteiger partial charge in [-0.05, 0) is 149 Å². The van der Waals surface area contributed by atoms with Crippen molar-refractivity contribution in [1.29, 1.82) is 0 Å². The lowest BCUT2D eigenvalue weighted by molar-refractivity contribution is 1.31. The van der Waals surface area contributed by atoms with Crippen molar-refractivity contribution < 1.29 is 0 Å². The van der Waals surface area contributed by atoms with E-state index in [1.807, 2.05) is 0 Å². The van der Waals surface area contributed by atoms with Gasteiger partial charge in [-0.1, -0.05) is 140 Å². The first kappa shape index (κ1) is 44.8. The zero-order valence-electron chi connectivity index (χ0n) is 42.0. The second kappa shape index (κ2) is 18.6. The molecule has 366 valence electrons. The number of aromatic nitrogens is 8. The van der Waals surface area contributed by atoms with Crippen LogP contribution in [0.3, 0.4) is 0 Å². The van der Waals surface area contributed by atoms with E-state index in [9.17, 15) is 0 Å². The van der Waals surface area contributed by atoms with Crippen LogP contribution in [0, 0.1) is 0 Å². The van der Waals surface area contributed by atoms with Crippen LogP contribution in [-0.2, 0) is 0 Å².